The van der Waals surface area contributed by atoms with Gasteiger partial charge in [0, 0.05) is 17.2 Å². The van der Waals surface area contributed by atoms with Crippen LogP contribution in [0, 0.1) is 0 Å². The summed E-state index contributed by atoms with van der Waals surface area (Å²) < 4.78 is 13.6. The third-order valence-corrected chi connectivity index (χ3v) is 8.29. The normalized spacial score (nSPS) is 13.6. The Morgan fingerprint density at radius 2 is 0.925 bits per heavy atom. The van der Waals surface area contributed by atoms with E-state index in [0.717, 1.165) is 48.2 Å². The van der Waals surface area contributed by atoms with E-state index in [1.807, 2.05) is 36.4 Å². The van der Waals surface area contributed by atoms with E-state index in [4.69, 9.17) is 9.47 Å². The van der Waals surface area contributed by atoms with Gasteiger partial charge < -0.3 is 28.7 Å². The van der Waals surface area contributed by atoms with Crippen molar-refractivity contribution in [3.05, 3.63) is 96.1 Å². The first-order chi connectivity index (χ1) is 19.3. The molecule has 40 heavy (non-hydrogen) atoms. The first-order valence-corrected chi connectivity index (χ1v) is 14.8. The Kier molecular flexibility index (Phi) is 12.5. The average molecular weight is 551 g/mol. The minimum atomic E-state index is -0.589. The predicted octanol–water partition coefficient (Wildman–Crippen LogP) is 5.28. The molecule has 3 aromatic rings. The van der Waals surface area contributed by atoms with Crippen LogP contribution >= 0.6 is 0 Å². The fourth-order valence-electron chi connectivity index (χ4n) is 5.52. The summed E-state index contributed by atoms with van der Waals surface area (Å²) >= 11 is 0. The molecule has 0 radical (unpaired) electrons. The van der Waals surface area contributed by atoms with Crippen molar-refractivity contribution >= 4 is 0 Å². The highest BCUT2D eigenvalue weighted by atomic mass is 16.5. The van der Waals surface area contributed by atoms with Crippen molar-refractivity contribution in [2.24, 2.45) is 0 Å². The Balaban J connectivity index is 1.51. The molecule has 0 aliphatic carbocycles. The third kappa shape index (κ3) is 9.63. The van der Waals surface area contributed by atoms with Gasteiger partial charge in [-0.3, -0.25) is 0 Å². The Bertz CT molecular complexity index is 1020. The first kappa shape index (κ1) is 31.6. The number of hydrogen-bond donors (Lipinski definition) is 2. The quantitative estimate of drug-likeness (QED) is 0.212. The number of ether oxygens (including phenoxy) is 2. The van der Waals surface area contributed by atoms with Crippen LogP contribution in [-0.4, -0.2) is 83.9 Å². The molecule has 0 amide bonds. The second-order valence-electron chi connectivity index (χ2n) is 11.0. The van der Waals surface area contributed by atoms with Gasteiger partial charge in [-0.2, -0.15) is 0 Å². The summed E-state index contributed by atoms with van der Waals surface area (Å²) in [4.78, 5) is 0. The highest BCUT2D eigenvalue weighted by molar-refractivity contribution is 5.33. The molecule has 3 rings (SSSR count). The van der Waals surface area contributed by atoms with Crippen LogP contribution in [0.1, 0.15) is 38.8 Å². The zero-order valence-corrected chi connectivity index (χ0v) is 24.9. The van der Waals surface area contributed by atoms with Crippen molar-refractivity contribution < 1.29 is 28.7 Å². The monoisotopic (exact) mass is 550 g/mol. The van der Waals surface area contributed by atoms with E-state index < -0.39 is 12.2 Å². The van der Waals surface area contributed by atoms with Gasteiger partial charge in [-0.05, 0) is 39.8 Å². The molecular weight excluding hydrogens is 500 g/mol. The fourth-order valence-corrected chi connectivity index (χ4v) is 5.52. The van der Waals surface area contributed by atoms with Gasteiger partial charge in [-0.1, -0.05) is 66.7 Å². The van der Waals surface area contributed by atoms with Gasteiger partial charge in [0.05, 0.1) is 26.2 Å². The molecule has 0 saturated carbocycles. The van der Waals surface area contributed by atoms with Gasteiger partial charge in [0.2, 0.25) is 0 Å². The standard InChI is InChI=1S/C34H50N2O4/c1-5-35(6-2,23-29-16-11-9-12-17-29)25-31(37)27-39-33-20-15-21-34(22-33)40-28-32(38)26-36(7-3,8-4)24-30-18-13-10-14-19-30/h9-22,31-32,37-38H,5-8,23-28H2,1-4H3/q+2. The smallest absolute Gasteiger partial charge is 0.137 e. The van der Waals surface area contributed by atoms with Gasteiger partial charge in [0.15, 0.2) is 0 Å². The van der Waals surface area contributed by atoms with Crippen LogP contribution in [0.25, 0.3) is 0 Å². The van der Waals surface area contributed by atoms with E-state index in [1.54, 1.807) is 0 Å². The number of aliphatic hydroxyl groups excluding tert-OH is 2. The largest absolute Gasteiger partial charge is 0.491 e. The molecule has 0 aromatic heterocycles. The average Bonchev–Trinajstić information content (AvgIpc) is 2.99. The van der Waals surface area contributed by atoms with Crippen molar-refractivity contribution in [2.75, 3.05) is 52.5 Å². The Morgan fingerprint density at radius 1 is 0.550 bits per heavy atom. The molecule has 218 valence electrons. The van der Waals surface area contributed by atoms with Crippen LogP contribution in [0.2, 0.25) is 0 Å². The number of aliphatic hydroxyl groups is 2. The van der Waals surface area contributed by atoms with E-state index in [2.05, 4.69) is 76.2 Å². The molecule has 0 aliphatic heterocycles. The molecule has 3 aromatic carbocycles. The molecule has 0 aliphatic rings. The maximum atomic E-state index is 10.9. The summed E-state index contributed by atoms with van der Waals surface area (Å²) in [5, 5.41) is 21.8. The molecule has 2 N–H and O–H groups in total. The lowest BCUT2D eigenvalue weighted by molar-refractivity contribution is -0.940. The van der Waals surface area contributed by atoms with Gasteiger partial charge in [-0.25, -0.2) is 0 Å². The summed E-state index contributed by atoms with van der Waals surface area (Å²) in [6.07, 6.45) is -1.18. The molecule has 0 bridgehead atoms. The molecule has 0 saturated heterocycles. The van der Waals surface area contributed by atoms with Crippen molar-refractivity contribution in [3.8, 4) is 11.5 Å². The molecule has 0 heterocycles. The van der Waals surface area contributed by atoms with Crippen molar-refractivity contribution in [1.82, 2.24) is 0 Å². The Hall–Kier alpha value is -2.90. The predicted molar refractivity (Wildman–Crippen MR) is 162 cm³/mol. The molecular formula is C34H50N2O4+2. The van der Waals surface area contributed by atoms with E-state index in [9.17, 15) is 10.2 Å². The van der Waals surface area contributed by atoms with Crippen LogP contribution in [0.3, 0.4) is 0 Å². The summed E-state index contributed by atoms with van der Waals surface area (Å²) in [6.45, 7) is 15.9. The van der Waals surface area contributed by atoms with E-state index >= 15 is 0 Å². The second-order valence-corrected chi connectivity index (χ2v) is 11.0. The summed E-state index contributed by atoms with van der Waals surface area (Å²) in [5.41, 5.74) is 2.56. The zero-order chi connectivity index (χ0) is 28.8. The number of quaternary nitrogens is 2. The third-order valence-electron chi connectivity index (χ3n) is 8.29. The van der Waals surface area contributed by atoms with Gasteiger partial charge in [0.25, 0.3) is 0 Å². The van der Waals surface area contributed by atoms with Crippen LogP contribution in [-0.2, 0) is 13.1 Å². The highest BCUT2D eigenvalue weighted by Crippen LogP contribution is 2.22. The van der Waals surface area contributed by atoms with Crippen LogP contribution in [0.4, 0.5) is 0 Å². The molecule has 6 heteroatoms. The zero-order valence-electron chi connectivity index (χ0n) is 24.9. The second kappa shape index (κ2) is 15.8. The number of benzene rings is 3. The van der Waals surface area contributed by atoms with Gasteiger partial charge in [0.1, 0.15) is 63.1 Å². The maximum Gasteiger partial charge on any atom is 0.137 e. The lowest BCUT2D eigenvalue weighted by Crippen LogP contribution is -2.52. The topological polar surface area (TPSA) is 58.9 Å². The molecule has 2 atom stereocenters. The van der Waals surface area contributed by atoms with Crippen molar-refractivity contribution in [3.63, 3.8) is 0 Å². The number of hydrogen-bond acceptors (Lipinski definition) is 4. The summed E-state index contributed by atoms with van der Waals surface area (Å²) in [5.74, 6) is 1.30. The summed E-state index contributed by atoms with van der Waals surface area (Å²) in [6, 6.07) is 28.4. The molecule has 0 spiro atoms. The van der Waals surface area contributed by atoms with Crippen molar-refractivity contribution in [1.29, 1.82) is 0 Å². The Labute approximate surface area is 241 Å². The molecule has 6 nitrogen and oxygen atoms in total. The first-order valence-electron chi connectivity index (χ1n) is 14.8. The van der Waals surface area contributed by atoms with E-state index in [0.29, 0.717) is 24.6 Å². The van der Waals surface area contributed by atoms with Crippen LogP contribution < -0.4 is 9.47 Å². The minimum absolute atomic E-state index is 0.216. The number of rotatable bonds is 18. The van der Waals surface area contributed by atoms with Gasteiger partial charge in [-0.15, -0.1) is 0 Å². The molecule has 0 fully saturated rings. The van der Waals surface area contributed by atoms with Crippen molar-refractivity contribution in [2.45, 2.75) is 53.0 Å². The van der Waals surface area contributed by atoms with Crippen LogP contribution in [0.15, 0.2) is 84.9 Å². The lowest BCUT2D eigenvalue weighted by atomic mass is 10.1. The highest BCUT2D eigenvalue weighted by Gasteiger charge is 2.29. The van der Waals surface area contributed by atoms with Crippen LogP contribution in [0.5, 0.6) is 11.5 Å². The minimum Gasteiger partial charge on any atom is -0.491 e. The molecule has 2 unspecified atom stereocenters. The maximum absolute atomic E-state index is 10.9. The number of likely N-dealkylation sites (N-methyl/N-ethyl adjacent to an activating group) is 2. The SMILES string of the molecule is CC[N+](CC)(Cc1ccccc1)CC(O)COc1cccc(OCC(O)C[N+](CC)(CC)Cc2ccccc2)c1. The van der Waals surface area contributed by atoms with E-state index in [1.165, 1.54) is 11.1 Å². The fraction of sp³-hybridized carbons (Fsp3) is 0.471. The Morgan fingerprint density at radius 3 is 1.27 bits per heavy atom. The lowest BCUT2D eigenvalue weighted by Gasteiger charge is -2.38. The number of nitrogens with zero attached hydrogens (tertiary/aromatic N) is 2. The summed E-state index contributed by atoms with van der Waals surface area (Å²) in [7, 11) is 0. The van der Waals surface area contributed by atoms with Gasteiger partial charge >= 0.3 is 0 Å². The van der Waals surface area contributed by atoms with E-state index in [-0.39, 0.29) is 13.2 Å².